The van der Waals surface area contributed by atoms with Gasteiger partial charge in [-0.25, -0.2) is 9.78 Å². The molecule has 1 aliphatic rings. The first kappa shape index (κ1) is 25.1. The van der Waals surface area contributed by atoms with Gasteiger partial charge in [-0.3, -0.25) is 14.4 Å². The number of hydrogen-bond acceptors (Lipinski definition) is 6. The molecule has 1 aromatic heterocycles. The monoisotopic (exact) mass is 493 g/mol. The molecule has 4 rings (SSSR count). The highest BCUT2D eigenvalue weighted by molar-refractivity contribution is 6.36. The summed E-state index contributed by atoms with van der Waals surface area (Å²) in [5.41, 5.74) is 6.63. The van der Waals surface area contributed by atoms with Crippen LogP contribution >= 0.6 is 11.6 Å². The molecule has 0 saturated heterocycles. The number of carbonyl (C=O) groups is 4. The van der Waals surface area contributed by atoms with Crippen molar-refractivity contribution in [2.45, 2.75) is 0 Å². The van der Waals surface area contributed by atoms with Crippen molar-refractivity contribution in [1.29, 1.82) is 0 Å². The third-order valence-corrected chi connectivity index (χ3v) is 5.29. The van der Waals surface area contributed by atoms with Gasteiger partial charge in [0.1, 0.15) is 0 Å². The zero-order valence-electron chi connectivity index (χ0n) is 18.7. The molecule has 3 N–H and O–H groups in total. The Labute approximate surface area is 205 Å². The average Bonchev–Trinajstić information content (AvgIpc) is 2.86. The molecular weight excluding hydrogens is 474 g/mol. The maximum atomic E-state index is 12.7. The second-order valence-corrected chi connectivity index (χ2v) is 7.73. The number of aromatic carboxylic acids is 1. The highest BCUT2D eigenvalue weighted by Gasteiger charge is 2.33. The number of aromatic nitrogens is 1. The Hall–Kier alpha value is -4.50. The lowest BCUT2D eigenvalue weighted by atomic mass is 9.92. The van der Waals surface area contributed by atoms with Gasteiger partial charge in [0.25, 0.3) is 5.91 Å². The molecule has 0 unspecified atom stereocenters. The predicted octanol–water partition coefficient (Wildman–Crippen LogP) is 3.47. The van der Waals surface area contributed by atoms with Crippen molar-refractivity contribution in [3.05, 3.63) is 93.6 Å². The topological polar surface area (TPSA) is 140 Å². The van der Waals surface area contributed by atoms with Crippen LogP contribution in [0.3, 0.4) is 0 Å². The van der Waals surface area contributed by atoms with E-state index in [0.29, 0.717) is 27.7 Å². The molecule has 10 heteroatoms. The summed E-state index contributed by atoms with van der Waals surface area (Å²) in [4.78, 5) is 52.0. The molecule has 35 heavy (non-hydrogen) atoms. The van der Waals surface area contributed by atoms with E-state index in [-0.39, 0.29) is 16.7 Å². The average molecular weight is 494 g/mol. The van der Waals surface area contributed by atoms with Crippen LogP contribution in [0.5, 0.6) is 5.88 Å². The van der Waals surface area contributed by atoms with Gasteiger partial charge in [-0.1, -0.05) is 23.7 Å². The Kier molecular flexibility index (Phi) is 7.62. The van der Waals surface area contributed by atoms with Crippen LogP contribution in [0.25, 0.3) is 6.08 Å². The summed E-state index contributed by atoms with van der Waals surface area (Å²) >= 11 is 5.83. The number of nitrogens with zero attached hydrogens (tertiary/aromatic N) is 2. The molecule has 1 aliphatic heterocycles. The fourth-order valence-corrected chi connectivity index (χ4v) is 3.33. The summed E-state index contributed by atoms with van der Waals surface area (Å²) in [6.07, 6.45) is 2.95. The molecule has 0 spiro atoms. The number of Topliss-reactive ketones (excluding diaryl/α,β-unsaturated/α-hetero) is 1. The Bertz CT molecular complexity index is 1350. The van der Waals surface area contributed by atoms with Crippen molar-refractivity contribution >= 4 is 46.9 Å². The van der Waals surface area contributed by atoms with Crippen molar-refractivity contribution < 1.29 is 29.0 Å². The molecule has 0 aliphatic carbocycles. The van der Waals surface area contributed by atoms with Crippen LogP contribution in [0.2, 0.25) is 5.02 Å². The Morgan fingerprint density at radius 3 is 2.34 bits per heavy atom. The van der Waals surface area contributed by atoms with Crippen LogP contribution in [0.4, 0.5) is 5.69 Å². The van der Waals surface area contributed by atoms with Crippen LogP contribution in [-0.4, -0.2) is 47.8 Å². The van der Waals surface area contributed by atoms with E-state index >= 15 is 0 Å². The van der Waals surface area contributed by atoms with E-state index < -0.39 is 23.6 Å². The number of hydrogen-bond donors (Lipinski definition) is 2. The first-order valence-electron chi connectivity index (χ1n) is 10.1. The summed E-state index contributed by atoms with van der Waals surface area (Å²) in [6.45, 7) is 0. The number of fused-ring (bicyclic) bond motifs is 1. The molecule has 2 amide bonds. The first-order valence-corrected chi connectivity index (χ1v) is 10.5. The molecule has 3 aromatic rings. The number of anilines is 1. The number of benzene rings is 2. The number of ketones is 1. The largest absolute Gasteiger partial charge is 0.481 e. The van der Waals surface area contributed by atoms with Gasteiger partial charge >= 0.3 is 5.97 Å². The lowest BCUT2D eigenvalue weighted by Crippen LogP contribution is -2.36. The molecule has 0 atom stereocenters. The molecule has 178 valence electrons. The van der Waals surface area contributed by atoms with E-state index in [1.165, 1.54) is 54.6 Å². The van der Waals surface area contributed by atoms with E-state index in [2.05, 4.69) is 4.98 Å². The zero-order chi connectivity index (χ0) is 25.7. The number of likely N-dealkylation sites (N-methyl/N-ethyl adjacent to an activating group) is 1. The SMILES string of the molecule is CN1C(=O)/C(=C\c2ccc(Cl)cc2)C(=O)c2cc(C(=O)O)ccc21.COc1cc(C(N)=O)ccn1. The predicted molar refractivity (Wildman–Crippen MR) is 130 cm³/mol. The van der Waals surface area contributed by atoms with Crippen molar-refractivity contribution in [2.24, 2.45) is 5.73 Å². The number of amides is 2. The maximum absolute atomic E-state index is 12.7. The smallest absolute Gasteiger partial charge is 0.335 e. The highest BCUT2D eigenvalue weighted by Crippen LogP contribution is 2.31. The van der Waals surface area contributed by atoms with Gasteiger partial charge in [-0.05, 0) is 48.0 Å². The van der Waals surface area contributed by atoms with Crippen LogP contribution in [-0.2, 0) is 4.79 Å². The lowest BCUT2D eigenvalue weighted by Gasteiger charge is -2.26. The highest BCUT2D eigenvalue weighted by atomic mass is 35.5. The second-order valence-electron chi connectivity index (χ2n) is 7.29. The van der Waals surface area contributed by atoms with Crippen molar-refractivity contribution in [3.63, 3.8) is 0 Å². The van der Waals surface area contributed by atoms with E-state index in [1.54, 1.807) is 31.3 Å². The number of carbonyl (C=O) groups excluding carboxylic acids is 3. The summed E-state index contributed by atoms with van der Waals surface area (Å²) in [7, 11) is 3.02. The zero-order valence-corrected chi connectivity index (χ0v) is 19.4. The summed E-state index contributed by atoms with van der Waals surface area (Å²) in [5.74, 6) is -2.16. The molecule has 2 aromatic carbocycles. The Balaban J connectivity index is 0.000000261. The number of carboxylic acids is 1. The summed E-state index contributed by atoms with van der Waals surface area (Å²) in [5, 5.41) is 9.65. The standard InChI is InChI=1S/C18H12ClNO4.C7H8N2O2/c1-20-15-7-4-11(18(23)24)9-13(15)16(21)14(17(20)22)8-10-2-5-12(19)6-3-10;1-11-6-4-5(7(8)10)2-3-9-6/h2-9H,1H3,(H,23,24);2-4H,1H3,(H2,8,10)/b14-8-;. The number of rotatable bonds is 4. The maximum Gasteiger partial charge on any atom is 0.335 e. The van der Waals surface area contributed by atoms with Crippen molar-refractivity contribution in [3.8, 4) is 5.88 Å². The second kappa shape index (κ2) is 10.6. The molecule has 2 heterocycles. The van der Waals surface area contributed by atoms with Crippen molar-refractivity contribution in [2.75, 3.05) is 19.1 Å². The van der Waals surface area contributed by atoms with Gasteiger partial charge in [0, 0.05) is 35.5 Å². The fraction of sp³-hybridized carbons (Fsp3) is 0.0800. The number of halogens is 1. The van der Waals surface area contributed by atoms with Gasteiger partial charge in [0.05, 0.1) is 23.9 Å². The number of nitrogens with two attached hydrogens (primary N) is 1. The normalized spacial score (nSPS) is 13.6. The first-order chi connectivity index (χ1) is 16.6. The third-order valence-electron chi connectivity index (χ3n) is 5.04. The number of pyridine rings is 1. The van der Waals surface area contributed by atoms with Gasteiger partial charge in [0.15, 0.2) is 0 Å². The lowest BCUT2D eigenvalue weighted by molar-refractivity contribution is -0.114. The Morgan fingerprint density at radius 2 is 1.74 bits per heavy atom. The minimum Gasteiger partial charge on any atom is -0.481 e. The van der Waals surface area contributed by atoms with E-state index in [1.807, 2.05) is 0 Å². The molecule has 0 bridgehead atoms. The van der Waals surface area contributed by atoms with E-state index in [0.717, 1.165) is 0 Å². The third kappa shape index (κ3) is 5.71. The molecular formula is C25H20ClN3O6. The Morgan fingerprint density at radius 1 is 1.06 bits per heavy atom. The van der Waals surface area contributed by atoms with Crippen LogP contribution in [0, 0.1) is 0 Å². The number of primary amides is 1. The van der Waals surface area contributed by atoms with Gasteiger partial charge < -0.3 is 20.5 Å². The number of methoxy groups -OCH3 is 1. The van der Waals surface area contributed by atoms with Crippen molar-refractivity contribution in [1.82, 2.24) is 4.98 Å². The molecule has 0 saturated carbocycles. The number of ether oxygens (including phenoxy) is 1. The van der Waals surface area contributed by atoms with Gasteiger partial charge in [-0.2, -0.15) is 0 Å². The summed E-state index contributed by atoms with van der Waals surface area (Å²) < 4.78 is 4.79. The molecule has 0 radical (unpaired) electrons. The molecule has 0 fully saturated rings. The van der Waals surface area contributed by atoms with Gasteiger partial charge in [0.2, 0.25) is 17.6 Å². The minimum absolute atomic E-state index is 0.00399. The summed E-state index contributed by atoms with van der Waals surface area (Å²) in [6, 6.07) is 13.8. The fourth-order valence-electron chi connectivity index (χ4n) is 3.20. The van der Waals surface area contributed by atoms with Crippen LogP contribution in [0.15, 0.2) is 66.4 Å². The quantitative estimate of drug-likeness (QED) is 0.419. The number of carboxylic acid groups (broad SMARTS) is 1. The molecule has 9 nitrogen and oxygen atoms in total. The van der Waals surface area contributed by atoms with E-state index in [4.69, 9.17) is 27.2 Å². The van der Waals surface area contributed by atoms with Crippen LogP contribution < -0.4 is 15.4 Å². The van der Waals surface area contributed by atoms with Crippen LogP contribution in [0.1, 0.15) is 36.6 Å². The van der Waals surface area contributed by atoms with E-state index in [9.17, 15) is 19.2 Å². The minimum atomic E-state index is -1.13. The van der Waals surface area contributed by atoms with Gasteiger partial charge in [-0.15, -0.1) is 0 Å².